The minimum absolute atomic E-state index is 0.272. The number of hydrogen-bond donors (Lipinski definition) is 0. The molecular formula is C14H24O. The van der Waals surface area contributed by atoms with Gasteiger partial charge in [-0.1, -0.05) is 51.5 Å². The molecule has 15 heavy (non-hydrogen) atoms. The van der Waals surface area contributed by atoms with E-state index >= 15 is 0 Å². The Kier molecular flexibility index (Phi) is 7.98. The van der Waals surface area contributed by atoms with Crippen molar-refractivity contribution in [3.8, 4) is 0 Å². The summed E-state index contributed by atoms with van der Waals surface area (Å²) in [4.78, 5) is 10.0. The van der Waals surface area contributed by atoms with E-state index in [1.807, 2.05) is 0 Å². The highest BCUT2D eigenvalue weighted by Crippen LogP contribution is 2.14. The minimum Gasteiger partial charge on any atom is -0.303 e. The highest BCUT2D eigenvalue weighted by molar-refractivity contribution is 5.48. The van der Waals surface area contributed by atoms with Gasteiger partial charge in [-0.05, 0) is 24.7 Å². The summed E-state index contributed by atoms with van der Waals surface area (Å²) in [6.07, 6.45) is 14.9. The van der Waals surface area contributed by atoms with Crippen LogP contribution in [0.25, 0.3) is 0 Å². The third kappa shape index (κ3) is 13.2. The Morgan fingerprint density at radius 3 is 2.20 bits per heavy atom. The van der Waals surface area contributed by atoms with Crippen molar-refractivity contribution in [1.82, 2.24) is 0 Å². The van der Waals surface area contributed by atoms with Crippen LogP contribution >= 0.6 is 0 Å². The van der Waals surface area contributed by atoms with Crippen LogP contribution in [0.15, 0.2) is 24.3 Å². The standard InChI is InChI=1S/C14H24O/c1-14(2,3)12-10-8-6-4-5-7-9-11-13-15/h6,8,10,12-13H,4-5,7,9,11H2,1-3H3. The van der Waals surface area contributed by atoms with Crippen LogP contribution < -0.4 is 0 Å². The van der Waals surface area contributed by atoms with E-state index in [2.05, 4.69) is 45.1 Å². The second-order valence-electron chi connectivity index (χ2n) is 4.96. The smallest absolute Gasteiger partial charge is 0.119 e. The quantitative estimate of drug-likeness (QED) is 0.346. The Morgan fingerprint density at radius 2 is 1.60 bits per heavy atom. The van der Waals surface area contributed by atoms with Crippen LogP contribution in [0.3, 0.4) is 0 Å². The van der Waals surface area contributed by atoms with Crippen LogP contribution in [0.5, 0.6) is 0 Å². The molecule has 0 spiro atoms. The van der Waals surface area contributed by atoms with Crippen molar-refractivity contribution in [2.24, 2.45) is 5.41 Å². The summed E-state index contributed by atoms with van der Waals surface area (Å²) in [5, 5.41) is 0. The van der Waals surface area contributed by atoms with Gasteiger partial charge < -0.3 is 4.79 Å². The van der Waals surface area contributed by atoms with Crippen LogP contribution in [0.1, 0.15) is 52.9 Å². The molecule has 0 saturated heterocycles. The first-order valence-electron chi connectivity index (χ1n) is 5.84. The Labute approximate surface area is 94.3 Å². The molecule has 0 aliphatic heterocycles. The molecule has 1 nitrogen and oxygen atoms in total. The minimum atomic E-state index is 0.272. The molecule has 0 saturated carbocycles. The summed E-state index contributed by atoms with van der Waals surface area (Å²) < 4.78 is 0. The third-order valence-corrected chi connectivity index (χ3v) is 2.04. The molecule has 0 radical (unpaired) electrons. The SMILES string of the molecule is CC(C)(C)C=CC=CCCCCCC=O. The lowest BCUT2D eigenvalue weighted by atomic mass is 9.96. The zero-order chi connectivity index (χ0) is 11.6. The first kappa shape index (κ1) is 14.2. The highest BCUT2D eigenvalue weighted by atomic mass is 16.1. The molecule has 1 heteroatoms. The van der Waals surface area contributed by atoms with E-state index < -0.39 is 0 Å². The molecule has 0 bridgehead atoms. The van der Waals surface area contributed by atoms with Gasteiger partial charge in [0.1, 0.15) is 6.29 Å². The van der Waals surface area contributed by atoms with Crippen LogP contribution in [0, 0.1) is 5.41 Å². The van der Waals surface area contributed by atoms with Crippen molar-refractivity contribution in [1.29, 1.82) is 0 Å². The molecule has 0 N–H and O–H groups in total. The molecule has 0 heterocycles. The normalized spacial score (nSPS) is 12.7. The summed E-state index contributed by atoms with van der Waals surface area (Å²) in [7, 11) is 0. The second-order valence-corrected chi connectivity index (χ2v) is 4.96. The Bertz CT molecular complexity index is 206. The monoisotopic (exact) mass is 208 g/mol. The average molecular weight is 208 g/mol. The van der Waals surface area contributed by atoms with Gasteiger partial charge in [0, 0.05) is 6.42 Å². The van der Waals surface area contributed by atoms with Crippen LogP contribution in [-0.4, -0.2) is 6.29 Å². The van der Waals surface area contributed by atoms with Gasteiger partial charge in [-0.15, -0.1) is 0 Å². The first-order chi connectivity index (χ1) is 7.06. The van der Waals surface area contributed by atoms with Gasteiger partial charge in [-0.3, -0.25) is 0 Å². The van der Waals surface area contributed by atoms with Crippen molar-refractivity contribution < 1.29 is 4.79 Å². The molecule has 0 fully saturated rings. The Hall–Kier alpha value is -0.850. The molecule has 0 aliphatic carbocycles. The lowest BCUT2D eigenvalue weighted by molar-refractivity contribution is -0.107. The lowest BCUT2D eigenvalue weighted by Crippen LogP contribution is -1.97. The molecule has 0 aromatic rings. The van der Waals surface area contributed by atoms with E-state index in [-0.39, 0.29) is 5.41 Å². The van der Waals surface area contributed by atoms with Crippen LogP contribution in [0.2, 0.25) is 0 Å². The molecule has 0 aromatic heterocycles. The van der Waals surface area contributed by atoms with Gasteiger partial charge in [-0.2, -0.15) is 0 Å². The van der Waals surface area contributed by atoms with E-state index in [4.69, 9.17) is 0 Å². The number of carbonyl (C=O) groups excluding carboxylic acids is 1. The number of rotatable bonds is 7. The first-order valence-corrected chi connectivity index (χ1v) is 5.84. The van der Waals surface area contributed by atoms with Crippen molar-refractivity contribution in [3.63, 3.8) is 0 Å². The number of unbranched alkanes of at least 4 members (excludes halogenated alkanes) is 4. The van der Waals surface area contributed by atoms with Gasteiger partial charge in [-0.25, -0.2) is 0 Å². The second kappa shape index (κ2) is 8.46. The molecule has 0 atom stereocenters. The fourth-order valence-electron chi connectivity index (χ4n) is 1.19. The maximum atomic E-state index is 10.0. The topological polar surface area (TPSA) is 17.1 Å². The summed E-state index contributed by atoms with van der Waals surface area (Å²) in [6, 6.07) is 0. The van der Waals surface area contributed by atoms with E-state index in [1.54, 1.807) is 0 Å². The molecule has 0 rings (SSSR count). The number of aldehydes is 1. The fraction of sp³-hybridized carbons (Fsp3) is 0.643. The summed E-state index contributed by atoms with van der Waals surface area (Å²) in [5.74, 6) is 0. The van der Waals surface area contributed by atoms with Crippen molar-refractivity contribution in [2.45, 2.75) is 52.9 Å². The molecule has 0 amide bonds. The van der Waals surface area contributed by atoms with Crippen molar-refractivity contribution in [3.05, 3.63) is 24.3 Å². The summed E-state index contributed by atoms with van der Waals surface area (Å²) in [5.41, 5.74) is 0.272. The average Bonchev–Trinajstić information content (AvgIpc) is 2.14. The summed E-state index contributed by atoms with van der Waals surface area (Å²) >= 11 is 0. The van der Waals surface area contributed by atoms with Crippen molar-refractivity contribution >= 4 is 6.29 Å². The molecule has 0 aliphatic rings. The Balaban J connectivity index is 3.39. The van der Waals surface area contributed by atoms with E-state index in [1.165, 1.54) is 6.42 Å². The maximum absolute atomic E-state index is 10.0. The highest BCUT2D eigenvalue weighted by Gasteiger charge is 2.01. The van der Waals surface area contributed by atoms with Gasteiger partial charge in [0.15, 0.2) is 0 Å². The van der Waals surface area contributed by atoms with E-state index in [0.29, 0.717) is 6.42 Å². The predicted octanol–water partition coefficient (Wildman–Crippen LogP) is 4.29. The Morgan fingerprint density at radius 1 is 0.933 bits per heavy atom. The fourth-order valence-corrected chi connectivity index (χ4v) is 1.19. The predicted molar refractivity (Wildman–Crippen MR) is 66.9 cm³/mol. The van der Waals surface area contributed by atoms with Gasteiger partial charge in [0.25, 0.3) is 0 Å². The van der Waals surface area contributed by atoms with Crippen LogP contribution in [-0.2, 0) is 4.79 Å². The number of carbonyl (C=O) groups is 1. The van der Waals surface area contributed by atoms with Crippen LogP contribution in [0.4, 0.5) is 0 Å². The molecule has 0 aromatic carbocycles. The zero-order valence-electron chi connectivity index (χ0n) is 10.3. The molecule has 86 valence electrons. The van der Waals surface area contributed by atoms with Gasteiger partial charge in [0.05, 0.1) is 0 Å². The number of hydrogen-bond acceptors (Lipinski definition) is 1. The van der Waals surface area contributed by atoms with Crippen molar-refractivity contribution in [2.75, 3.05) is 0 Å². The molecular weight excluding hydrogens is 184 g/mol. The molecule has 0 unspecified atom stereocenters. The summed E-state index contributed by atoms with van der Waals surface area (Å²) in [6.45, 7) is 6.57. The van der Waals surface area contributed by atoms with Gasteiger partial charge >= 0.3 is 0 Å². The largest absolute Gasteiger partial charge is 0.303 e. The maximum Gasteiger partial charge on any atom is 0.119 e. The third-order valence-electron chi connectivity index (χ3n) is 2.04. The van der Waals surface area contributed by atoms with Gasteiger partial charge in [0.2, 0.25) is 0 Å². The zero-order valence-corrected chi connectivity index (χ0v) is 10.3. The lowest BCUT2D eigenvalue weighted by Gasteiger charge is -2.09. The van der Waals surface area contributed by atoms with E-state index in [0.717, 1.165) is 25.5 Å². The van der Waals surface area contributed by atoms with E-state index in [9.17, 15) is 4.79 Å². The number of allylic oxidation sites excluding steroid dienone is 4.